The number of ether oxygens (including phenoxy) is 2. The molecule has 1 atom stereocenters. The zero-order chi connectivity index (χ0) is 24.6. The molecule has 2 amide bonds. The number of hydrogen-bond donors (Lipinski definition) is 1. The summed E-state index contributed by atoms with van der Waals surface area (Å²) in [7, 11) is 0. The first-order valence-electron chi connectivity index (χ1n) is 11.4. The molecule has 0 saturated carbocycles. The van der Waals surface area contributed by atoms with Gasteiger partial charge in [0.15, 0.2) is 11.5 Å². The maximum atomic E-state index is 13.2. The molecule has 2 aromatic carbocycles. The monoisotopic (exact) mass is 478 g/mol. The molecule has 1 aliphatic heterocycles. The van der Waals surface area contributed by atoms with Gasteiger partial charge in [0.2, 0.25) is 11.8 Å². The van der Waals surface area contributed by atoms with E-state index in [0.29, 0.717) is 49.5 Å². The van der Waals surface area contributed by atoms with E-state index in [1.165, 1.54) is 12.1 Å². The van der Waals surface area contributed by atoms with Crippen LogP contribution in [0.25, 0.3) is 0 Å². The third-order valence-corrected chi connectivity index (χ3v) is 5.48. The first kappa shape index (κ1) is 25.4. The first-order valence-corrected chi connectivity index (χ1v) is 11.4. The average molecular weight is 479 g/mol. The molecule has 3 rings (SSSR count). The van der Waals surface area contributed by atoms with Gasteiger partial charge in [-0.15, -0.1) is 0 Å². The van der Waals surface area contributed by atoms with Crippen molar-refractivity contribution in [1.82, 2.24) is 10.2 Å². The number of nitrogens with zero attached hydrogens (tertiary/aromatic N) is 1. The number of carbonyl (C=O) groups excluding carboxylic acids is 2. The normalized spacial score (nSPS) is 14.7. The van der Waals surface area contributed by atoms with Crippen molar-refractivity contribution in [3.63, 3.8) is 0 Å². The summed E-state index contributed by atoms with van der Waals surface area (Å²) < 4.78 is 50.9. The lowest BCUT2D eigenvalue weighted by atomic mass is 10.0. The van der Waals surface area contributed by atoms with Gasteiger partial charge in [-0.3, -0.25) is 9.59 Å². The number of likely N-dealkylation sites (tertiary alicyclic amines) is 1. The Labute approximate surface area is 197 Å². The number of rotatable bonds is 11. The molecule has 0 bridgehead atoms. The van der Waals surface area contributed by atoms with Gasteiger partial charge in [-0.25, -0.2) is 0 Å². The smallest absolute Gasteiger partial charge is 0.416 e. The highest BCUT2D eigenvalue weighted by molar-refractivity contribution is 5.79. The van der Waals surface area contributed by atoms with Crippen LogP contribution in [0.1, 0.15) is 49.8 Å². The Morgan fingerprint density at radius 1 is 1.12 bits per heavy atom. The molecule has 0 radical (unpaired) electrons. The van der Waals surface area contributed by atoms with Crippen LogP contribution >= 0.6 is 0 Å². The van der Waals surface area contributed by atoms with Crippen molar-refractivity contribution in [2.75, 3.05) is 26.3 Å². The van der Waals surface area contributed by atoms with E-state index in [4.69, 9.17) is 9.47 Å². The van der Waals surface area contributed by atoms with Crippen LogP contribution in [0.5, 0.6) is 11.5 Å². The molecule has 184 valence electrons. The third kappa shape index (κ3) is 7.13. The molecule has 9 heteroatoms. The Morgan fingerprint density at radius 2 is 1.85 bits per heavy atom. The quantitative estimate of drug-likeness (QED) is 0.474. The van der Waals surface area contributed by atoms with E-state index in [-0.39, 0.29) is 31.4 Å². The maximum absolute atomic E-state index is 13.2. The van der Waals surface area contributed by atoms with Crippen LogP contribution in [-0.2, 0) is 15.8 Å². The summed E-state index contributed by atoms with van der Waals surface area (Å²) in [4.78, 5) is 26.3. The van der Waals surface area contributed by atoms with Gasteiger partial charge in [-0.1, -0.05) is 24.3 Å². The summed E-state index contributed by atoms with van der Waals surface area (Å²) in [6, 6.07) is 11.4. The number of para-hydroxylation sites is 2. The molecule has 1 unspecified atom stereocenters. The zero-order valence-corrected chi connectivity index (χ0v) is 19.1. The van der Waals surface area contributed by atoms with Crippen LogP contribution in [0, 0.1) is 0 Å². The van der Waals surface area contributed by atoms with Gasteiger partial charge in [-0.05, 0) is 49.6 Å². The fraction of sp³-hybridized carbons (Fsp3) is 0.440. The molecular formula is C25H29F3N2O4. The van der Waals surface area contributed by atoms with Crippen molar-refractivity contribution >= 4 is 11.8 Å². The van der Waals surface area contributed by atoms with E-state index < -0.39 is 17.8 Å². The SMILES string of the molecule is CCOc1ccccc1OCCCC(=O)NC(CN1CCCC1=O)c1cccc(C(F)(F)F)c1. The summed E-state index contributed by atoms with van der Waals surface area (Å²) in [5.41, 5.74) is -0.483. The number of halogens is 3. The summed E-state index contributed by atoms with van der Waals surface area (Å²) in [5, 5.41) is 2.81. The number of nitrogens with one attached hydrogen (secondary N) is 1. The highest BCUT2D eigenvalue weighted by atomic mass is 19.4. The van der Waals surface area contributed by atoms with E-state index in [1.807, 2.05) is 19.1 Å². The molecule has 34 heavy (non-hydrogen) atoms. The molecule has 1 saturated heterocycles. The number of carbonyl (C=O) groups is 2. The molecule has 1 heterocycles. The van der Waals surface area contributed by atoms with Crippen molar-refractivity contribution in [1.29, 1.82) is 0 Å². The molecule has 0 aromatic heterocycles. The number of amides is 2. The van der Waals surface area contributed by atoms with Crippen LogP contribution in [0.2, 0.25) is 0 Å². The Balaban J connectivity index is 1.61. The van der Waals surface area contributed by atoms with Crippen LogP contribution in [-0.4, -0.2) is 43.0 Å². The van der Waals surface area contributed by atoms with Gasteiger partial charge >= 0.3 is 6.18 Å². The lowest BCUT2D eigenvalue weighted by Crippen LogP contribution is -2.38. The van der Waals surface area contributed by atoms with Crippen molar-refractivity contribution in [3.05, 3.63) is 59.7 Å². The summed E-state index contributed by atoms with van der Waals surface area (Å²) >= 11 is 0. The van der Waals surface area contributed by atoms with Gasteiger partial charge in [0.25, 0.3) is 0 Å². The second kappa shape index (κ2) is 11.8. The topological polar surface area (TPSA) is 67.9 Å². The zero-order valence-electron chi connectivity index (χ0n) is 19.1. The van der Waals surface area contributed by atoms with Gasteiger partial charge in [0.1, 0.15) is 0 Å². The van der Waals surface area contributed by atoms with E-state index in [9.17, 15) is 22.8 Å². The molecule has 6 nitrogen and oxygen atoms in total. The second-order valence-electron chi connectivity index (χ2n) is 8.02. The number of alkyl halides is 3. The Bertz CT molecular complexity index is 981. The minimum atomic E-state index is -4.50. The second-order valence-corrected chi connectivity index (χ2v) is 8.02. The summed E-state index contributed by atoms with van der Waals surface area (Å²) in [6.07, 6.45) is -2.86. The van der Waals surface area contributed by atoms with Gasteiger partial charge < -0.3 is 19.7 Å². The Kier molecular flexibility index (Phi) is 8.79. The van der Waals surface area contributed by atoms with E-state index >= 15 is 0 Å². The number of hydrogen-bond acceptors (Lipinski definition) is 4. The average Bonchev–Trinajstić information content (AvgIpc) is 3.21. The highest BCUT2D eigenvalue weighted by Crippen LogP contribution is 2.31. The molecule has 2 aromatic rings. The molecule has 1 fully saturated rings. The predicted octanol–water partition coefficient (Wildman–Crippen LogP) is 4.74. The third-order valence-electron chi connectivity index (χ3n) is 5.48. The molecule has 1 N–H and O–H groups in total. The van der Waals surface area contributed by atoms with E-state index in [2.05, 4.69) is 5.32 Å². The minimum absolute atomic E-state index is 0.0624. The lowest BCUT2D eigenvalue weighted by Gasteiger charge is -2.26. The molecule has 0 aliphatic carbocycles. The van der Waals surface area contributed by atoms with Gasteiger partial charge in [-0.2, -0.15) is 13.2 Å². The Morgan fingerprint density at radius 3 is 2.50 bits per heavy atom. The van der Waals surface area contributed by atoms with Crippen molar-refractivity contribution in [2.24, 2.45) is 0 Å². The van der Waals surface area contributed by atoms with Crippen molar-refractivity contribution < 1.29 is 32.2 Å². The highest BCUT2D eigenvalue weighted by Gasteiger charge is 2.32. The number of benzene rings is 2. The van der Waals surface area contributed by atoms with Crippen LogP contribution in [0.4, 0.5) is 13.2 Å². The van der Waals surface area contributed by atoms with Crippen LogP contribution in [0.3, 0.4) is 0 Å². The fourth-order valence-corrected chi connectivity index (χ4v) is 3.81. The summed E-state index contributed by atoms with van der Waals surface area (Å²) in [6.45, 7) is 3.30. The maximum Gasteiger partial charge on any atom is 0.416 e. The predicted molar refractivity (Wildman–Crippen MR) is 120 cm³/mol. The van der Waals surface area contributed by atoms with E-state index in [0.717, 1.165) is 12.1 Å². The molecule has 1 aliphatic rings. The lowest BCUT2D eigenvalue weighted by molar-refractivity contribution is -0.137. The first-order chi connectivity index (χ1) is 16.3. The molecule has 0 spiro atoms. The van der Waals surface area contributed by atoms with Gasteiger partial charge in [0, 0.05) is 25.9 Å². The van der Waals surface area contributed by atoms with Gasteiger partial charge in [0.05, 0.1) is 24.8 Å². The van der Waals surface area contributed by atoms with Crippen LogP contribution < -0.4 is 14.8 Å². The van der Waals surface area contributed by atoms with Crippen LogP contribution in [0.15, 0.2) is 48.5 Å². The molecular weight excluding hydrogens is 449 g/mol. The largest absolute Gasteiger partial charge is 0.490 e. The van der Waals surface area contributed by atoms with Crippen molar-refractivity contribution in [3.8, 4) is 11.5 Å². The standard InChI is InChI=1S/C25H29F3N2O4/c1-2-33-21-10-3-4-11-22(21)34-15-7-12-23(31)29-20(17-30-14-6-13-24(30)32)18-8-5-9-19(16-18)25(26,27)28/h3-5,8-11,16,20H,2,6-7,12-15,17H2,1H3,(H,29,31). The van der Waals surface area contributed by atoms with E-state index in [1.54, 1.807) is 17.0 Å². The van der Waals surface area contributed by atoms with Crippen molar-refractivity contribution in [2.45, 2.75) is 44.8 Å². The minimum Gasteiger partial charge on any atom is -0.490 e. The summed E-state index contributed by atoms with van der Waals surface area (Å²) in [5.74, 6) is 0.817. The fourth-order valence-electron chi connectivity index (χ4n) is 3.81. The Hall–Kier alpha value is -3.23.